The summed E-state index contributed by atoms with van der Waals surface area (Å²) >= 11 is 0. The summed E-state index contributed by atoms with van der Waals surface area (Å²) in [5.41, 5.74) is 6.50. The molecule has 30 heavy (non-hydrogen) atoms. The van der Waals surface area contributed by atoms with E-state index in [0.29, 0.717) is 12.1 Å². The molecule has 1 rings (SSSR count). The van der Waals surface area contributed by atoms with Crippen LogP contribution in [0.15, 0.2) is 12.5 Å². The van der Waals surface area contributed by atoms with Gasteiger partial charge in [0.1, 0.15) is 18.6 Å². The summed E-state index contributed by atoms with van der Waals surface area (Å²) in [6.07, 6.45) is 3.40. The summed E-state index contributed by atoms with van der Waals surface area (Å²) in [7, 11) is 0. The van der Waals surface area contributed by atoms with Crippen LogP contribution in [0.3, 0.4) is 0 Å². The first-order chi connectivity index (χ1) is 14.0. The zero-order valence-corrected chi connectivity index (χ0v) is 17.8. The second kappa shape index (κ2) is 11.9. The van der Waals surface area contributed by atoms with Crippen molar-refractivity contribution in [3.8, 4) is 0 Å². The number of carbonyl (C=O) groups excluding carboxylic acids is 3. The quantitative estimate of drug-likeness (QED) is 0.253. The van der Waals surface area contributed by atoms with Gasteiger partial charge >= 0.3 is 5.97 Å². The number of carbonyl (C=O) groups is 4. The summed E-state index contributed by atoms with van der Waals surface area (Å²) in [5.74, 6) is -2.93. The van der Waals surface area contributed by atoms with Crippen molar-refractivity contribution < 1.29 is 24.3 Å². The Balaban J connectivity index is 2.96. The lowest BCUT2D eigenvalue weighted by Gasteiger charge is -2.25. The zero-order chi connectivity index (χ0) is 22.8. The number of nitrogens with one attached hydrogen (secondary N) is 4. The van der Waals surface area contributed by atoms with Crippen LogP contribution in [0, 0.1) is 11.8 Å². The van der Waals surface area contributed by atoms with E-state index in [9.17, 15) is 19.2 Å². The van der Waals surface area contributed by atoms with Gasteiger partial charge in [0.25, 0.3) is 0 Å². The van der Waals surface area contributed by atoms with Crippen molar-refractivity contribution in [3.05, 3.63) is 18.2 Å². The normalized spacial score (nSPS) is 14.1. The molecule has 0 fully saturated rings. The molecule has 7 N–H and O–H groups in total. The van der Waals surface area contributed by atoms with Gasteiger partial charge in [0.15, 0.2) is 0 Å². The Hall–Kier alpha value is -2.95. The lowest BCUT2D eigenvalue weighted by atomic mass is 10.0. The number of imidazole rings is 1. The molecule has 0 saturated carbocycles. The molecule has 0 aliphatic rings. The topological polar surface area (TPSA) is 179 Å². The van der Waals surface area contributed by atoms with E-state index in [1.54, 1.807) is 13.8 Å². The van der Waals surface area contributed by atoms with Crippen molar-refractivity contribution in [2.75, 3.05) is 6.54 Å². The highest BCUT2D eigenvalue weighted by Gasteiger charge is 2.29. The fourth-order valence-corrected chi connectivity index (χ4v) is 2.66. The Morgan fingerprint density at radius 1 is 1.07 bits per heavy atom. The summed E-state index contributed by atoms with van der Waals surface area (Å²) in [4.78, 5) is 55.2. The maximum Gasteiger partial charge on any atom is 0.322 e. The number of aliphatic carboxylic acids is 1. The monoisotopic (exact) mass is 424 g/mol. The van der Waals surface area contributed by atoms with Crippen molar-refractivity contribution in [1.82, 2.24) is 25.9 Å². The SMILES string of the molecule is CC(C)CC(NC(=O)C(Cc1cnc[nH]1)NC(=O)C(N)C(C)C)C(=O)NCC(=O)O. The number of amides is 3. The molecular formula is C19H32N6O5. The van der Waals surface area contributed by atoms with Crippen LogP contribution >= 0.6 is 0 Å². The maximum absolute atomic E-state index is 12.9. The Bertz CT molecular complexity index is 719. The molecule has 3 amide bonds. The number of nitrogens with two attached hydrogens (primary N) is 1. The van der Waals surface area contributed by atoms with E-state index >= 15 is 0 Å². The molecule has 168 valence electrons. The molecule has 0 spiro atoms. The van der Waals surface area contributed by atoms with Crippen LogP contribution in [0.5, 0.6) is 0 Å². The van der Waals surface area contributed by atoms with Crippen molar-refractivity contribution in [2.24, 2.45) is 17.6 Å². The van der Waals surface area contributed by atoms with E-state index in [0.717, 1.165) is 0 Å². The number of carboxylic acid groups (broad SMARTS) is 1. The van der Waals surface area contributed by atoms with Gasteiger partial charge in [-0.2, -0.15) is 0 Å². The van der Waals surface area contributed by atoms with E-state index in [1.165, 1.54) is 12.5 Å². The van der Waals surface area contributed by atoms with Gasteiger partial charge in [0.05, 0.1) is 12.4 Å². The van der Waals surface area contributed by atoms with Crippen molar-refractivity contribution in [3.63, 3.8) is 0 Å². The van der Waals surface area contributed by atoms with Crippen LogP contribution in [0.4, 0.5) is 0 Å². The largest absolute Gasteiger partial charge is 0.480 e. The number of hydrogen-bond donors (Lipinski definition) is 6. The van der Waals surface area contributed by atoms with Crippen LogP contribution in [0.25, 0.3) is 0 Å². The predicted molar refractivity (Wildman–Crippen MR) is 109 cm³/mol. The second-order valence-corrected chi connectivity index (χ2v) is 7.91. The molecule has 0 aliphatic carbocycles. The third-order valence-corrected chi connectivity index (χ3v) is 4.39. The molecule has 1 aromatic rings. The molecule has 0 saturated heterocycles. The van der Waals surface area contributed by atoms with Gasteiger partial charge in [0, 0.05) is 18.3 Å². The highest BCUT2D eigenvalue weighted by molar-refractivity contribution is 5.93. The van der Waals surface area contributed by atoms with Gasteiger partial charge in [-0.3, -0.25) is 19.2 Å². The fraction of sp³-hybridized carbons (Fsp3) is 0.632. The van der Waals surface area contributed by atoms with E-state index in [4.69, 9.17) is 10.8 Å². The minimum atomic E-state index is -1.19. The minimum Gasteiger partial charge on any atom is -0.480 e. The molecule has 0 aromatic carbocycles. The first-order valence-electron chi connectivity index (χ1n) is 9.84. The molecule has 3 atom stereocenters. The molecule has 11 nitrogen and oxygen atoms in total. The van der Waals surface area contributed by atoms with Crippen LogP contribution in [0.1, 0.15) is 39.8 Å². The number of nitrogens with zero attached hydrogens (tertiary/aromatic N) is 1. The van der Waals surface area contributed by atoms with Gasteiger partial charge in [0.2, 0.25) is 17.7 Å². The van der Waals surface area contributed by atoms with Crippen molar-refractivity contribution in [2.45, 2.75) is 58.7 Å². The number of hydrogen-bond acceptors (Lipinski definition) is 6. The molecule has 3 unspecified atom stereocenters. The summed E-state index contributed by atoms with van der Waals surface area (Å²) < 4.78 is 0. The van der Waals surface area contributed by atoms with Crippen LogP contribution < -0.4 is 21.7 Å². The van der Waals surface area contributed by atoms with Gasteiger partial charge in [-0.15, -0.1) is 0 Å². The molecule has 0 bridgehead atoms. The standard InChI is InChI=1S/C19H32N6O5/c1-10(2)5-13(17(28)22-8-15(26)27)24-18(29)14(6-12-7-21-9-23-12)25-19(30)16(20)11(3)4/h7,9-11,13-14,16H,5-6,8,20H2,1-4H3,(H,21,23)(H,22,28)(H,24,29)(H,25,30)(H,26,27). The zero-order valence-electron chi connectivity index (χ0n) is 17.8. The lowest BCUT2D eigenvalue weighted by molar-refractivity contribution is -0.138. The average molecular weight is 425 g/mol. The van der Waals surface area contributed by atoms with Gasteiger partial charge in [-0.25, -0.2) is 4.98 Å². The molecule has 1 heterocycles. The van der Waals surface area contributed by atoms with E-state index in [2.05, 4.69) is 25.9 Å². The van der Waals surface area contributed by atoms with E-state index in [-0.39, 0.29) is 18.3 Å². The highest BCUT2D eigenvalue weighted by atomic mass is 16.4. The fourth-order valence-electron chi connectivity index (χ4n) is 2.66. The van der Waals surface area contributed by atoms with Crippen molar-refractivity contribution in [1.29, 1.82) is 0 Å². The second-order valence-electron chi connectivity index (χ2n) is 7.91. The molecule has 0 radical (unpaired) electrons. The molecule has 1 aromatic heterocycles. The Kier molecular flexibility index (Phi) is 9.96. The summed E-state index contributed by atoms with van der Waals surface area (Å²) in [6, 6.07) is -2.74. The number of aromatic amines is 1. The Morgan fingerprint density at radius 3 is 2.20 bits per heavy atom. The Labute approximate surface area is 175 Å². The first-order valence-corrected chi connectivity index (χ1v) is 9.84. The number of carboxylic acids is 1. The number of rotatable bonds is 12. The predicted octanol–water partition coefficient (Wildman–Crippen LogP) is -0.848. The van der Waals surface area contributed by atoms with Gasteiger partial charge in [-0.05, 0) is 18.3 Å². The van der Waals surface area contributed by atoms with Crippen molar-refractivity contribution >= 4 is 23.7 Å². The van der Waals surface area contributed by atoms with Gasteiger partial charge in [-0.1, -0.05) is 27.7 Å². The third kappa shape index (κ3) is 8.60. The minimum absolute atomic E-state index is 0.0564. The van der Waals surface area contributed by atoms with E-state index in [1.807, 2.05) is 13.8 Å². The highest BCUT2D eigenvalue weighted by Crippen LogP contribution is 2.07. The molecule has 0 aliphatic heterocycles. The summed E-state index contributed by atoms with van der Waals surface area (Å²) in [6.45, 7) is 6.77. The smallest absolute Gasteiger partial charge is 0.322 e. The van der Waals surface area contributed by atoms with E-state index < -0.39 is 48.4 Å². The Morgan fingerprint density at radius 2 is 1.70 bits per heavy atom. The van der Waals surface area contributed by atoms with Gasteiger partial charge < -0.3 is 31.8 Å². The number of H-pyrrole nitrogens is 1. The summed E-state index contributed by atoms with van der Waals surface area (Å²) in [5, 5.41) is 16.3. The number of aromatic nitrogens is 2. The average Bonchev–Trinajstić information content (AvgIpc) is 3.16. The first kappa shape index (κ1) is 25.1. The van der Waals surface area contributed by atoms with Crippen LogP contribution in [0.2, 0.25) is 0 Å². The van der Waals surface area contributed by atoms with Crippen LogP contribution in [-0.2, 0) is 25.6 Å². The maximum atomic E-state index is 12.9. The molecule has 11 heteroatoms. The molecular weight excluding hydrogens is 392 g/mol. The van der Waals surface area contributed by atoms with Crippen LogP contribution in [-0.4, -0.2) is 63.4 Å². The third-order valence-electron chi connectivity index (χ3n) is 4.39. The lowest BCUT2D eigenvalue weighted by Crippen LogP contribution is -2.57.